The number of rotatable bonds is 7. The normalized spacial score (nSPS) is 13.9. The van der Waals surface area contributed by atoms with Gasteiger partial charge in [0.1, 0.15) is 5.54 Å². The van der Waals surface area contributed by atoms with Gasteiger partial charge in [0, 0.05) is 9.37 Å². The van der Waals surface area contributed by atoms with Gasteiger partial charge in [-0.2, -0.15) is 0 Å². The summed E-state index contributed by atoms with van der Waals surface area (Å²) in [6.07, 6.45) is 1.51. The average molecular weight is 346 g/mol. The van der Waals surface area contributed by atoms with Gasteiger partial charge in [-0.1, -0.05) is 22.0 Å². The van der Waals surface area contributed by atoms with Gasteiger partial charge in [0.15, 0.2) is 0 Å². The molecule has 1 atom stereocenters. The standard InChI is InChI=1S/C14H20BrNO2S/c1-3-18-13(17)14(2,16)8-5-9-19-12-7-4-6-11(15)10-12/h4,6-7,10H,3,5,8-9,16H2,1-2H3. The number of carbonyl (C=O) groups is 1. The highest BCUT2D eigenvalue weighted by atomic mass is 79.9. The van der Waals surface area contributed by atoms with Gasteiger partial charge >= 0.3 is 5.97 Å². The molecule has 0 radical (unpaired) electrons. The lowest BCUT2D eigenvalue weighted by Gasteiger charge is -2.21. The van der Waals surface area contributed by atoms with Crippen molar-refractivity contribution in [1.82, 2.24) is 0 Å². The number of thioether (sulfide) groups is 1. The number of hydrogen-bond acceptors (Lipinski definition) is 4. The van der Waals surface area contributed by atoms with Gasteiger partial charge in [-0.05, 0) is 50.6 Å². The predicted molar refractivity (Wildman–Crippen MR) is 83.3 cm³/mol. The second-order valence-electron chi connectivity index (χ2n) is 4.55. The molecule has 0 aromatic heterocycles. The van der Waals surface area contributed by atoms with Crippen molar-refractivity contribution in [1.29, 1.82) is 0 Å². The summed E-state index contributed by atoms with van der Waals surface area (Å²) in [5, 5.41) is 0. The summed E-state index contributed by atoms with van der Waals surface area (Å²) in [6.45, 7) is 3.89. The highest BCUT2D eigenvalue weighted by Crippen LogP contribution is 2.24. The van der Waals surface area contributed by atoms with Crippen molar-refractivity contribution in [3.05, 3.63) is 28.7 Å². The Morgan fingerprint density at radius 1 is 1.53 bits per heavy atom. The average Bonchev–Trinajstić information content (AvgIpc) is 2.35. The Bertz CT molecular complexity index is 424. The number of halogens is 1. The molecule has 0 saturated carbocycles. The molecule has 0 fully saturated rings. The van der Waals surface area contributed by atoms with Crippen LogP contribution in [0.25, 0.3) is 0 Å². The molecule has 0 bridgehead atoms. The van der Waals surface area contributed by atoms with Crippen LogP contribution in [0.3, 0.4) is 0 Å². The molecule has 0 spiro atoms. The molecule has 3 nitrogen and oxygen atoms in total. The van der Waals surface area contributed by atoms with Crippen LogP contribution in [0.2, 0.25) is 0 Å². The maximum atomic E-state index is 11.6. The van der Waals surface area contributed by atoms with Crippen LogP contribution in [0.4, 0.5) is 0 Å². The third-order valence-corrected chi connectivity index (χ3v) is 4.22. The number of hydrogen-bond donors (Lipinski definition) is 1. The van der Waals surface area contributed by atoms with E-state index in [1.165, 1.54) is 4.90 Å². The molecule has 1 aromatic carbocycles. The van der Waals surface area contributed by atoms with Crippen molar-refractivity contribution < 1.29 is 9.53 Å². The molecule has 0 aliphatic carbocycles. The minimum Gasteiger partial charge on any atom is -0.465 e. The Balaban J connectivity index is 2.32. The highest BCUT2D eigenvalue weighted by Gasteiger charge is 2.28. The zero-order chi connectivity index (χ0) is 14.3. The first kappa shape index (κ1) is 16.5. The first-order chi connectivity index (χ1) is 8.95. The van der Waals surface area contributed by atoms with Crippen LogP contribution in [0, 0.1) is 0 Å². The largest absolute Gasteiger partial charge is 0.465 e. The van der Waals surface area contributed by atoms with Crippen LogP contribution in [0.5, 0.6) is 0 Å². The molecule has 5 heteroatoms. The third-order valence-electron chi connectivity index (χ3n) is 2.65. The van der Waals surface area contributed by atoms with Gasteiger partial charge in [0.25, 0.3) is 0 Å². The van der Waals surface area contributed by atoms with Crippen molar-refractivity contribution in [3.8, 4) is 0 Å². The zero-order valence-electron chi connectivity index (χ0n) is 11.3. The molecule has 0 saturated heterocycles. The number of ether oxygens (including phenoxy) is 1. The van der Waals surface area contributed by atoms with Crippen molar-refractivity contribution in [2.75, 3.05) is 12.4 Å². The maximum absolute atomic E-state index is 11.6. The molecule has 1 aromatic rings. The molecule has 0 aliphatic rings. The lowest BCUT2D eigenvalue weighted by molar-refractivity contribution is -0.149. The van der Waals surface area contributed by atoms with Crippen LogP contribution < -0.4 is 5.73 Å². The number of benzene rings is 1. The van der Waals surface area contributed by atoms with Crippen molar-refractivity contribution >= 4 is 33.7 Å². The summed E-state index contributed by atoms with van der Waals surface area (Å²) in [4.78, 5) is 12.8. The number of esters is 1. The minimum atomic E-state index is -0.881. The molecular formula is C14H20BrNO2S. The van der Waals surface area contributed by atoms with Crippen molar-refractivity contribution in [3.63, 3.8) is 0 Å². The SMILES string of the molecule is CCOC(=O)C(C)(N)CCCSc1cccc(Br)c1. The fourth-order valence-corrected chi connectivity index (χ4v) is 3.04. The molecule has 1 unspecified atom stereocenters. The fraction of sp³-hybridized carbons (Fsp3) is 0.500. The van der Waals surface area contributed by atoms with E-state index >= 15 is 0 Å². The second kappa shape index (κ2) is 7.92. The lowest BCUT2D eigenvalue weighted by Crippen LogP contribution is -2.46. The smallest absolute Gasteiger partial charge is 0.325 e. The molecule has 0 amide bonds. The molecule has 19 heavy (non-hydrogen) atoms. The van der Waals surface area contributed by atoms with Gasteiger partial charge in [-0.25, -0.2) is 0 Å². The summed E-state index contributed by atoms with van der Waals surface area (Å²) >= 11 is 5.21. The van der Waals surface area contributed by atoms with E-state index in [9.17, 15) is 4.79 Å². The van der Waals surface area contributed by atoms with Crippen molar-refractivity contribution in [2.24, 2.45) is 5.73 Å². The van der Waals surface area contributed by atoms with E-state index in [-0.39, 0.29) is 5.97 Å². The van der Waals surface area contributed by atoms with Crippen LogP contribution >= 0.6 is 27.7 Å². The minimum absolute atomic E-state index is 0.317. The van der Waals surface area contributed by atoms with E-state index < -0.39 is 5.54 Å². The predicted octanol–water partition coefficient (Wildman–Crippen LogP) is 3.60. The zero-order valence-corrected chi connectivity index (χ0v) is 13.7. The van der Waals surface area contributed by atoms with Gasteiger partial charge in [-0.15, -0.1) is 11.8 Å². The Hall–Kier alpha value is -0.520. The monoisotopic (exact) mass is 345 g/mol. The summed E-state index contributed by atoms with van der Waals surface area (Å²) in [6, 6.07) is 8.17. The molecule has 0 heterocycles. The summed E-state index contributed by atoms with van der Waals surface area (Å²) in [5.41, 5.74) is 5.08. The summed E-state index contributed by atoms with van der Waals surface area (Å²) < 4.78 is 6.04. The van der Waals surface area contributed by atoms with Gasteiger partial charge in [0.05, 0.1) is 6.61 Å². The number of carbonyl (C=O) groups excluding carboxylic acids is 1. The van der Waals surface area contributed by atoms with E-state index in [1.54, 1.807) is 25.6 Å². The van der Waals surface area contributed by atoms with Crippen LogP contribution in [0.1, 0.15) is 26.7 Å². The number of nitrogens with two attached hydrogens (primary N) is 1. The molecule has 0 aliphatic heterocycles. The quantitative estimate of drug-likeness (QED) is 0.466. The second-order valence-corrected chi connectivity index (χ2v) is 6.63. The van der Waals surface area contributed by atoms with Crippen molar-refractivity contribution in [2.45, 2.75) is 37.1 Å². The van der Waals surface area contributed by atoms with E-state index in [0.29, 0.717) is 13.0 Å². The Morgan fingerprint density at radius 3 is 2.89 bits per heavy atom. The lowest BCUT2D eigenvalue weighted by atomic mass is 9.98. The van der Waals surface area contributed by atoms with Crippen LogP contribution in [0.15, 0.2) is 33.6 Å². The highest BCUT2D eigenvalue weighted by molar-refractivity contribution is 9.10. The summed E-state index contributed by atoms with van der Waals surface area (Å²) in [5.74, 6) is 0.616. The third kappa shape index (κ3) is 5.97. The summed E-state index contributed by atoms with van der Waals surface area (Å²) in [7, 11) is 0. The Morgan fingerprint density at radius 2 is 2.26 bits per heavy atom. The van der Waals surface area contributed by atoms with Gasteiger partial charge in [-0.3, -0.25) is 4.79 Å². The molecular weight excluding hydrogens is 326 g/mol. The Labute approximate surface area is 127 Å². The van der Waals surface area contributed by atoms with E-state index in [0.717, 1.165) is 16.6 Å². The molecule has 106 valence electrons. The van der Waals surface area contributed by atoms with E-state index in [2.05, 4.69) is 28.1 Å². The molecule has 1 rings (SSSR count). The van der Waals surface area contributed by atoms with Gasteiger partial charge < -0.3 is 10.5 Å². The maximum Gasteiger partial charge on any atom is 0.325 e. The van der Waals surface area contributed by atoms with Crippen LogP contribution in [-0.4, -0.2) is 23.9 Å². The Kier molecular flexibility index (Phi) is 6.89. The van der Waals surface area contributed by atoms with Gasteiger partial charge in [0.2, 0.25) is 0 Å². The van der Waals surface area contributed by atoms with E-state index in [4.69, 9.17) is 10.5 Å². The fourth-order valence-electron chi connectivity index (χ4n) is 1.58. The first-order valence-electron chi connectivity index (χ1n) is 6.30. The topological polar surface area (TPSA) is 52.3 Å². The first-order valence-corrected chi connectivity index (χ1v) is 8.08. The van der Waals surface area contributed by atoms with E-state index in [1.807, 2.05) is 12.1 Å². The molecule has 2 N–H and O–H groups in total. The van der Waals surface area contributed by atoms with Crippen LogP contribution in [-0.2, 0) is 9.53 Å².